The molecule has 25 heavy (non-hydrogen) atoms. The number of nitrogens with zero attached hydrogens (tertiary/aromatic N) is 5. The van der Waals surface area contributed by atoms with Crippen molar-refractivity contribution in [2.45, 2.75) is 6.54 Å². The minimum atomic E-state index is 0.518. The maximum atomic E-state index is 6.13. The van der Waals surface area contributed by atoms with Crippen molar-refractivity contribution in [1.82, 2.24) is 24.1 Å². The zero-order valence-corrected chi connectivity index (χ0v) is 14.8. The number of hydrogen-bond donors (Lipinski definition) is 1. The van der Waals surface area contributed by atoms with E-state index in [4.69, 9.17) is 23.2 Å². The van der Waals surface area contributed by atoms with Crippen LogP contribution in [0.15, 0.2) is 48.8 Å². The van der Waals surface area contributed by atoms with Crippen molar-refractivity contribution in [3.8, 4) is 11.3 Å². The van der Waals surface area contributed by atoms with Gasteiger partial charge in [-0.2, -0.15) is 14.6 Å². The minimum absolute atomic E-state index is 0.518. The molecule has 3 aromatic heterocycles. The molecule has 126 valence electrons. The van der Waals surface area contributed by atoms with Crippen molar-refractivity contribution in [3.63, 3.8) is 0 Å². The van der Waals surface area contributed by atoms with Gasteiger partial charge >= 0.3 is 0 Å². The van der Waals surface area contributed by atoms with Crippen LogP contribution in [0.2, 0.25) is 10.2 Å². The van der Waals surface area contributed by atoms with Crippen molar-refractivity contribution in [1.29, 1.82) is 0 Å². The number of benzene rings is 1. The van der Waals surface area contributed by atoms with Gasteiger partial charge in [-0.1, -0.05) is 53.5 Å². The van der Waals surface area contributed by atoms with E-state index in [0.29, 0.717) is 22.5 Å². The van der Waals surface area contributed by atoms with Crippen LogP contribution in [0.4, 0.5) is 5.82 Å². The summed E-state index contributed by atoms with van der Waals surface area (Å²) < 4.78 is 3.51. The van der Waals surface area contributed by atoms with E-state index in [9.17, 15) is 0 Å². The summed E-state index contributed by atoms with van der Waals surface area (Å²) in [6.45, 7) is 0.538. The fraction of sp³-hybridized carbons (Fsp3) is 0.118. The number of rotatable bonds is 4. The predicted octanol–water partition coefficient (Wildman–Crippen LogP) is 4.05. The van der Waals surface area contributed by atoms with Crippen molar-refractivity contribution in [3.05, 3.63) is 64.7 Å². The molecule has 0 aliphatic carbocycles. The molecule has 3 heterocycles. The third kappa shape index (κ3) is 2.94. The molecule has 1 aromatic carbocycles. The zero-order chi connectivity index (χ0) is 17.4. The van der Waals surface area contributed by atoms with Crippen LogP contribution in [-0.4, -0.2) is 24.1 Å². The van der Waals surface area contributed by atoms with E-state index < -0.39 is 0 Å². The smallest absolute Gasteiger partial charge is 0.254 e. The third-order valence-corrected chi connectivity index (χ3v) is 4.83. The Hall–Kier alpha value is -2.57. The Bertz CT molecular complexity index is 1040. The molecule has 0 saturated carbocycles. The van der Waals surface area contributed by atoms with E-state index in [2.05, 4.69) is 20.4 Å². The molecular weight excluding hydrogens is 359 g/mol. The second-order valence-corrected chi connectivity index (χ2v) is 6.32. The molecule has 0 bridgehead atoms. The van der Waals surface area contributed by atoms with Gasteiger partial charge in [0.2, 0.25) is 0 Å². The number of aromatic nitrogens is 5. The van der Waals surface area contributed by atoms with Gasteiger partial charge in [-0.3, -0.25) is 0 Å². The van der Waals surface area contributed by atoms with E-state index in [-0.39, 0.29) is 0 Å². The maximum absolute atomic E-state index is 6.13. The van der Waals surface area contributed by atoms with Gasteiger partial charge in [0.25, 0.3) is 5.78 Å². The number of nitrogens with one attached hydrogen (secondary N) is 1. The lowest BCUT2D eigenvalue weighted by Gasteiger charge is -2.11. The van der Waals surface area contributed by atoms with Crippen LogP contribution >= 0.6 is 23.2 Å². The molecule has 1 N–H and O–H groups in total. The van der Waals surface area contributed by atoms with Crippen molar-refractivity contribution < 1.29 is 0 Å². The van der Waals surface area contributed by atoms with Gasteiger partial charge < -0.3 is 9.88 Å². The topological polar surface area (TPSA) is 60.0 Å². The molecule has 8 heteroatoms. The van der Waals surface area contributed by atoms with Gasteiger partial charge in [0.1, 0.15) is 17.3 Å². The number of hydrogen-bond acceptors (Lipinski definition) is 4. The summed E-state index contributed by atoms with van der Waals surface area (Å²) in [5, 5.41) is 8.65. The molecule has 4 rings (SSSR count). The van der Waals surface area contributed by atoms with Gasteiger partial charge in [0, 0.05) is 24.4 Å². The fourth-order valence-corrected chi connectivity index (χ4v) is 3.05. The highest BCUT2D eigenvalue weighted by Crippen LogP contribution is 2.26. The minimum Gasteiger partial charge on any atom is -0.364 e. The van der Waals surface area contributed by atoms with Crippen LogP contribution < -0.4 is 5.32 Å². The van der Waals surface area contributed by atoms with E-state index in [1.165, 1.54) is 6.33 Å². The largest absolute Gasteiger partial charge is 0.364 e. The molecule has 0 aliphatic rings. The van der Waals surface area contributed by atoms with Crippen LogP contribution in [-0.2, 0) is 13.6 Å². The molecule has 0 spiro atoms. The highest BCUT2D eigenvalue weighted by molar-refractivity contribution is 6.41. The Morgan fingerprint density at radius 2 is 1.92 bits per heavy atom. The molecular formula is C17H14Cl2N6. The van der Waals surface area contributed by atoms with E-state index in [1.807, 2.05) is 54.1 Å². The van der Waals surface area contributed by atoms with Gasteiger partial charge in [-0.25, -0.2) is 4.98 Å². The zero-order valence-electron chi connectivity index (χ0n) is 13.3. The highest BCUT2D eigenvalue weighted by Gasteiger charge is 2.12. The Labute approximate surface area is 154 Å². The predicted molar refractivity (Wildman–Crippen MR) is 99.0 cm³/mol. The molecule has 6 nitrogen and oxygen atoms in total. The molecule has 0 atom stereocenters. The van der Waals surface area contributed by atoms with Crippen LogP contribution in [0.3, 0.4) is 0 Å². The quantitative estimate of drug-likeness (QED) is 0.586. The highest BCUT2D eigenvalue weighted by atomic mass is 35.5. The molecule has 0 unspecified atom stereocenters. The first-order valence-electron chi connectivity index (χ1n) is 7.63. The van der Waals surface area contributed by atoms with E-state index in [0.717, 1.165) is 22.8 Å². The Morgan fingerprint density at radius 3 is 2.64 bits per heavy atom. The van der Waals surface area contributed by atoms with Gasteiger partial charge in [-0.15, -0.1) is 0 Å². The monoisotopic (exact) mass is 372 g/mol. The molecule has 0 fully saturated rings. The Kier molecular flexibility index (Phi) is 4.07. The normalized spacial score (nSPS) is 11.2. The lowest BCUT2D eigenvalue weighted by atomic mass is 10.1. The Morgan fingerprint density at radius 1 is 1.12 bits per heavy atom. The number of halogens is 2. The van der Waals surface area contributed by atoms with Crippen molar-refractivity contribution in [2.75, 3.05) is 5.32 Å². The first kappa shape index (κ1) is 15.9. The standard InChI is InChI=1S/C17H14Cl2N6/c1-24-12(7-13(18)16(24)19)9-20-15-8-14(11-5-3-2-4-6-11)23-17-21-10-22-25(15)17/h2-8,10,20H,9H2,1H3. The fourth-order valence-electron chi connectivity index (χ4n) is 2.63. The number of fused-ring (bicyclic) bond motifs is 1. The summed E-state index contributed by atoms with van der Waals surface area (Å²) in [5.74, 6) is 1.32. The summed E-state index contributed by atoms with van der Waals surface area (Å²) in [6, 6.07) is 13.7. The first-order chi connectivity index (χ1) is 12.1. The summed E-state index contributed by atoms with van der Waals surface area (Å²) in [4.78, 5) is 8.77. The van der Waals surface area contributed by atoms with Crippen molar-refractivity contribution >= 4 is 34.8 Å². The summed E-state index contributed by atoms with van der Waals surface area (Å²) in [5.41, 5.74) is 2.80. The van der Waals surface area contributed by atoms with Gasteiger partial charge in [-0.05, 0) is 6.07 Å². The molecule has 0 aliphatic heterocycles. The maximum Gasteiger partial charge on any atom is 0.254 e. The first-order valence-corrected chi connectivity index (χ1v) is 8.39. The molecule has 4 aromatic rings. The van der Waals surface area contributed by atoms with Crippen LogP contribution in [0.1, 0.15) is 5.69 Å². The van der Waals surface area contributed by atoms with Crippen molar-refractivity contribution in [2.24, 2.45) is 7.05 Å². The van der Waals surface area contributed by atoms with Gasteiger partial charge in [0.15, 0.2) is 0 Å². The van der Waals surface area contributed by atoms with Crippen LogP contribution in [0, 0.1) is 0 Å². The molecule has 0 saturated heterocycles. The lowest BCUT2D eigenvalue weighted by Crippen LogP contribution is -2.09. The Balaban J connectivity index is 1.71. The average Bonchev–Trinajstić information content (AvgIpc) is 3.21. The summed E-state index contributed by atoms with van der Waals surface area (Å²) in [6.07, 6.45) is 1.48. The van der Waals surface area contributed by atoms with Crippen LogP contribution in [0.5, 0.6) is 0 Å². The summed E-state index contributed by atoms with van der Waals surface area (Å²) >= 11 is 12.2. The van der Waals surface area contributed by atoms with Crippen LogP contribution in [0.25, 0.3) is 17.0 Å². The molecule has 0 amide bonds. The van der Waals surface area contributed by atoms with Gasteiger partial charge in [0.05, 0.1) is 17.3 Å². The second kappa shape index (κ2) is 6.38. The average molecular weight is 373 g/mol. The van der Waals surface area contributed by atoms with E-state index in [1.54, 1.807) is 4.52 Å². The molecule has 0 radical (unpaired) electrons. The van der Waals surface area contributed by atoms with E-state index >= 15 is 0 Å². The second-order valence-electron chi connectivity index (χ2n) is 5.55. The summed E-state index contributed by atoms with van der Waals surface area (Å²) in [7, 11) is 1.87. The number of anilines is 1. The lowest BCUT2D eigenvalue weighted by molar-refractivity contribution is 0.833. The SMILES string of the molecule is Cn1c(CNc2cc(-c3ccccc3)nc3ncnn23)cc(Cl)c1Cl. The third-order valence-electron chi connectivity index (χ3n) is 3.99.